The number of carboxylic acid groups (broad SMARTS) is 1. The number of nitrogen functional groups attached to an aromatic ring is 2. The number of esters is 1. The molecule has 2 aromatic rings. The number of hydrogen-bond acceptors (Lipinski definition) is 5. The molecule has 0 atom stereocenters. The Morgan fingerprint density at radius 3 is 2.29 bits per heavy atom. The molecule has 0 saturated carbocycles. The molecule has 0 aromatic heterocycles. The summed E-state index contributed by atoms with van der Waals surface area (Å²) >= 11 is 0. The molecule has 0 radical (unpaired) electrons. The summed E-state index contributed by atoms with van der Waals surface area (Å²) in [5, 5.41) is 9.29. The highest BCUT2D eigenvalue weighted by molar-refractivity contribution is 6.03. The molecule has 6 nitrogen and oxygen atoms in total. The third-order valence-electron chi connectivity index (χ3n) is 3.68. The summed E-state index contributed by atoms with van der Waals surface area (Å²) in [6.07, 6.45) is 1.20. The minimum absolute atomic E-state index is 0.0287. The number of anilines is 2. The lowest BCUT2D eigenvalue weighted by Gasteiger charge is -2.15. The van der Waals surface area contributed by atoms with Crippen molar-refractivity contribution in [2.75, 3.05) is 11.5 Å². The first kappa shape index (κ1) is 17.3. The molecule has 0 amide bonds. The SMILES string of the molecule is CCCc1c(N)c(C(=O)O)cc(C(=O)OCc2ccccc2)c1N. The number of carbonyl (C=O) groups excluding carboxylic acids is 1. The average molecular weight is 328 g/mol. The van der Waals surface area contributed by atoms with Gasteiger partial charge < -0.3 is 21.3 Å². The minimum Gasteiger partial charge on any atom is -0.478 e. The molecule has 24 heavy (non-hydrogen) atoms. The van der Waals surface area contributed by atoms with E-state index in [-0.39, 0.29) is 29.1 Å². The van der Waals surface area contributed by atoms with E-state index < -0.39 is 11.9 Å². The van der Waals surface area contributed by atoms with Crippen LogP contribution in [0.5, 0.6) is 0 Å². The maximum absolute atomic E-state index is 12.3. The molecule has 0 aliphatic carbocycles. The zero-order chi connectivity index (χ0) is 17.7. The highest BCUT2D eigenvalue weighted by Crippen LogP contribution is 2.30. The van der Waals surface area contributed by atoms with Crippen LogP contribution in [-0.2, 0) is 17.8 Å². The van der Waals surface area contributed by atoms with Crippen LogP contribution in [-0.4, -0.2) is 17.0 Å². The second-order valence-corrected chi connectivity index (χ2v) is 5.39. The first-order valence-electron chi connectivity index (χ1n) is 7.60. The largest absolute Gasteiger partial charge is 0.478 e. The molecule has 0 aliphatic heterocycles. The Morgan fingerprint density at radius 2 is 1.71 bits per heavy atom. The molecule has 0 spiro atoms. The number of rotatable bonds is 6. The fourth-order valence-corrected chi connectivity index (χ4v) is 2.44. The Hall–Kier alpha value is -3.02. The van der Waals surface area contributed by atoms with Crippen LogP contribution in [0, 0.1) is 0 Å². The summed E-state index contributed by atoms with van der Waals surface area (Å²) in [6, 6.07) is 10.4. The second kappa shape index (κ2) is 7.50. The smallest absolute Gasteiger partial charge is 0.340 e. The molecule has 5 N–H and O–H groups in total. The van der Waals surface area contributed by atoms with Crippen molar-refractivity contribution >= 4 is 23.3 Å². The normalized spacial score (nSPS) is 10.4. The Balaban J connectivity index is 2.34. The minimum atomic E-state index is -1.21. The topological polar surface area (TPSA) is 116 Å². The van der Waals surface area contributed by atoms with E-state index in [1.807, 2.05) is 37.3 Å². The Bertz CT molecular complexity index is 757. The fraction of sp³-hybridized carbons (Fsp3) is 0.222. The summed E-state index contributed by atoms with van der Waals surface area (Å²) in [6.45, 7) is 1.99. The van der Waals surface area contributed by atoms with Crippen molar-refractivity contribution in [3.8, 4) is 0 Å². The van der Waals surface area contributed by atoms with Gasteiger partial charge in [0.05, 0.1) is 22.5 Å². The van der Waals surface area contributed by atoms with Crippen LogP contribution >= 0.6 is 0 Å². The summed E-state index contributed by atoms with van der Waals surface area (Å²) in [5.74, 6) is -1.88. The molecule has 0 saturated heterocycles. The maximum Gasteiger partial charge on any atom is 0.340 e. The number of nitrogens with two attached hydrogens (primary N) is 2. The van der Waals surface area contributed by atoms with E-state index in [0.717, 1.165) is 12.0 Å². The molecular formula is C18H20N2O4. The molecule has 0 unspecified atom stereocenters. The number of carboxylic acids is 1. The summed E-state index contributed by atoms with van der Waals surface area (Å²) in [4.78, 5) is 23.7. The van der Waals surface area contributed by atoms with E-state index >= 15 is 0 Å². The number of hydrogen-bond donors (Lipinski definition) is 3. The molecular weight excluding hydrogens is 308 g/mol. The lowest BCUT2D eigenvalue weighted by Crippen LogP contribution is -2.15. The highest BCUT2D eigenvalue weighted by Gasteiger charge is 2.22. The van der Waals surface area contributed by atoms with Crippen LogP contribution < -0.4 is 11.5 Å². The number of carbonyl (C=O) groups is 2. The fourth-order valence-electron chi connectivity index (χ4n) is 2.44. The quantitative estimate of drug-likeness (QED) is 0.554. The standard InChI is InChI=1S/C18H20N2O4/c1-2-6-12-15(19)13(17(21)22)9-14(16(12)20)18(23)24-10-11-7-4-3-5-8-11/h3-5,7-9H,2,6,10,19-20H2,1H3,(H,21,22). The third kappa shape index (κ3) is 3.65. The maximum atomic E-state index is 12.3. The summed E-state index contributed by atoms with van der Waals surface area (Å²) in [7, 11) is 0. The summed E-state index contributed by atoms with van der Waals surface area (Å²) in [5.41, 5.74) is 13.4. The molecule has 0 heterocycles. The van der Waals surface area contributed by atoms with Gasteiger partial charge in [-0.1, -0.05) is 43.7 Å². The number of ether oxygens (including phenoxy) is 1. The van der Waals surface area contributed by atoms with Crippen LogP contribution in [0.15, 0.2) is 36.4 Å². The average Bonchev–Trinajstić information content (AvgIpc) is 2.57. The van der Waals surface area contributed by atoms with E-state index in [1.165, 1.54) is 6.07 Å². The predicted octanol–water partition coefficient (Wildman–Crippen LogP) is 2.86. The van der Waals surface area contributed by atoms with E-state index in [2.05, 4.69) is 0 Å². The van der Waals surface area contributed by atoms with Gasteiger partial charge in [0.15, 0.2) is 0 Å². The van der Waals surface area contributed by atoms with Crippen molar-refractivity contribution in [3.63, 3.8) is 0 Å². The van der Waals surface area contributed by atoms with Crippen molar-refractivity contribution < 1.29 is 19.4 Å². The van der Waals surface area contributed by atoms with Crippen LogP contribution in [0.25, 0.3) is 0 Å². The monoisotopic (exact) mass is 328 g/mol. The predicted molar refractivity (Wildman–Crippen MR) is 91.8 cm³/mol. The van der Waals surface area contributed by atoms with E-state index in [0.29, 0.717) is 12.0 Å². The van der Waals surface area contributed by atoms with Gasteiger partial charge in [-0.05, 0) is 23.6 Å². The second-order valence-electron chi connectivity index (χ2n) is 5.39. The molecule has 0 aliphatic rings. The molecule has 0 bridgehead atoms. The van der Waals surface area contributed by atoms with Crippen LogP contribution in [0.2, 0.25) is 0 Å². The van der Waals surface area contributed by atoms with Gasteiger partial charge in [-0.15, -0.1) is 0 Å². The molecule has 2 rings (SSSR count). The van der Waals surface area contributed by atoms with Crippen molar-refractivity contribution in [1.82, 2.24) is 0 Å². The van der Waals surface area contributed by atoms with E-state index in [4.69, 9.17) is 16.2 Å². The van der Waals surface area contributed by atoms with Crippen LogP contribution in [0.4, 0.5) is 11.4 Å². The van der Waals surface area contributed by atoms with Gasteiger partial charge in [0.2, 0.25) is 0 Å². The van der Waals surface area contributed by atoms with Crippen molar-refractivity contribution in [3.05, 3.63) is 58.7 Å². The van der Waals surface area contributed by atoms with Gasteiger partial charge in [0.1, 0.15) is 6.61 Å². The Kier molecular flexibility index (Phi) is 5.42. The van der Waals surface area contributed by atoms with Crippen molar-refractivity contribution in [1.29, 1.82) is 0 Å². The molecule has 126 valence electrons. The van der Waals surface area contributed by atoms with Crippen molar-refractivity contribution in [2.45, 2.75) is 26.4 Å². The zero-order valence-electron chi connectivity index (χ0n) is 13.4. The van der Waals surface area contributed by atoms with E-state index in [9.17, 15) is 14.7 Å². The van der Waals surface area contributed by atoms with Gasteiger partial charge in [-0.2, -0.15) is 0 Å². The number of aromatic carboxylic acids is 1. The molecule has 6 heteroatoms. The number of benzene rings is 2. The Morgan fingerprint density at radius 1 is 1.08 bits per heavy atom. The van der Waals surface area contributed by atoms with Gasteiger partial charge >= 0.3 is 11.9 Å². The zero-order valence-corrected chi connectivity index (χ0v) is 13.4. The Labute approximate surface area is 140 Å². The summed E-state index contributed by atoms with van der Waals surface area (Å²) < 4.78 is 5.25. The first-order valence-corrected chi connectivity index (χ1v) is 7.60. The van der Waals surface area contributed by atoms with Gasteiger partial charge in [-0.3, -0.25) is 0 Å². The first-order chi connectivity index (χ1) is 11.5. The molecule has 2 aromatic carbocycles. The lowest BCUT2D eigenvalue weighted by atomic mass is 9.97. The van der Waals surface area contributed by atoms with Gasteiger partial charge in [-0.25, -0.2) is 9.59 Å². The van der Waals surface area contributed by atoms with Gasteiger partial charge in [0.25, 0.3) is 0 Å². The highest BCUT2D eigenvalue weighted by atomic mass is 16.5. The van der Waals surface area contributed by atoms with Crippen molar-refractivity contribution in [2.24, 2.45) is 0 Å². The third-order valence-corrected chi connectivity index (χ3v) is 3.68. The van der Waals surface area contributed by atoms with Gasteiger partial charge in [0, 0.05) is 0 Å². The van der Waals surface area contributed by atoms with Crippen LogP contribution in [0.3, 0.4) is 0 Å². The van der Waals surface area contributed by atoms with Crippen LogP contribution in [0.1, 0.15) is 45.2 Å². The molecule has 0 fully saturated rings. The van der Waals surface area contributed by atoms with E-state index in [1.54, 1.807) is 0 Å². The lowest BCUT2D eigenvalue weighted by molar-refractivity contribution is 0.0474.